The van der Waals surface area contributed by atoms with Crippen LogP contribution in [0.2, 0.25) is 5.02 Å². The second-order valence-electron chi connectivity index (χ2n) is 7.43. The number of rotatable bonds is 8. The molecule has 3 rings (SSSR count). The molecule has 0 saturated carbocycles. The molecule has 29 heavy (non-hydrogen) atoms. The van der Waals surface area contributed by atoms with E-state index in [1.54, 1.807) is 13.3 Å². The molecule has 0 spiro atoms. The summed E-state index contributed by atoms with van der Waals surface area (Å²) in [6.45, 7) is 8.53. The van der Waals surface area contributed by atoms with E-state index in [2.05, 4.69) is 32.3 Å². The molecule has 1 aromatic heterocycles. The number of aliphatic imine (C=N–C) groups is 1. The Bertz CT molecular complexity index is 649. The van der Waals surface area contributed by atoms with Gasteiger partial charge in [-0.2, -0.15) is 0 Å². The zero-order valence-electron chi connectivity index (χ0n) is 17.4. The Morgan fingerprint density at radius 1 is 1.38 bits per heavy atom. The number of nitrogens with zero attached hydrogens (tertiary/aromatic N) is 4. The van der Waals surface area contributed by atoms with Crippen LogP contribution in [0.4, 0.5) is 5.82 Å². The van der Waals surface area contributed by atoms with Crippen molar-refractivity contribution in [2.45, 2.75) is 38.3 Å². The van der Waals surface area contributed by atoms with Gasteiger partial charge in [0.1, 0.15) is 5.82 Å². The number of methoxy groups -OCH3 is 1. The van der Waals surface area contributed by atoms with E-state index >= 15 is 0 Å². The van der Waals surface area contributed by atoms with Crippen molar-refractivity contribution in [3.63, 3.8) is 0 Å². The third-order valence-electron chi connectivity index (χ3n) is 5.45. The van der Waals surface area contributed by atoms with E-state index in [9.17, 15) is 0 Å². The topological polar surface area (TPSA) is 65.0 Å². The van der Waals surface area contributed by atoms with Crippen LogP contribution >= 0.6 is 35.6 Å². The second-order valence-corrected chi connectivity index (χ2v) is 7.84. The van der Waals surface area contributed by atoms with Crippen molar-refractivity contribution in [1.82, 2.24) is 20.5 Å². The van der Waals surface area contributed by atoms with Gasteiger partial charge in [0.15, 0.2) is 5.96 Å². The van der Waals surface area contributed by atoms with E-state index in [0.717, 1.165) is 64.1 Å². The van der Waals surface area contributed by atoms with Crippen LogP contribution in [0.1, 0.15) is 26.2 Å². The first-order valence-electron chi connectivity index (χ1n) is 10.3. The minimum Gasteiger partial charge on any atom is -0.383 e. The SMILES string of the molecule is CCNC(=NCC1CCCN1CCOC)NC1CCN(c2ncccc2Cl)C1.I. The molecule has 1 aromatic rings. The van der Waals surface area contributed by atoms with Gasteiger partial charge in [0, 0.05) is 51.6 Å². The van der Waals surface area contributed by atoms with Gasteiger partial charge >= 0.3 is 0 Å². The molecule has 2 fully saturated rings. The number of anilines is 1. The van der Waals surface area contributed by atoms with Gasteiger partial charge in [-0.15, -0.1) is 24.0 Å². The smallest absolute Gasteiger partial charge is 0.191 e. The van der Waals surface area contributed by atoms with Crippen LogP contribution in [0.25, 0.3) is 0 Å². The summed E-state index contributed by atoms with van der Waals surface area (Å²) < 4.78 is 5.24. The monoisotopic (exact) mass is 536 g/mol. The first kappa shape index (κ1) is 24.4. The number of halogens is 2. The summed E-state index contributed by atoms with van der Waals surface area (Å²) in [5, 5.41) is 7.70. The van der Waals surface area contributed by atoms with Crippen molar-refractivity contribution >= 4 is 47.4 Å². The van der Waals surface area contributed by atoms with Gasteiger partial charge in [0.2, 0.25) is 0 Å². The largest absolute Gasteiger partial charge is 0.383 e. The highest BCUT2D eigenvalue weighted by Crippen LogP contribution is 2.25. The maximum atomic E-state index is 6.31. The number of nitrogens with one attached hydrogen (secondary N) is 2. The minimum atomic E-state index is 0. The summed E-state index contributed by atoms with van der Waals surface area (Å²) in [5.74, 6) is 1.77. The van der Waals surface area contributed by atoms with E-state index in [1.165, 1.54) is 12.8 Å². The summed E-state index contributed by atoms with van der Waals surface area (Å²) >= 11 is 6.31. The Morgan fingerprint density at radius 2 is 2.24 bits per heavy atom. The lowest BCUT2D eigenvalue weighted by Gasteiger charge is -2.24. The fourth-order valence-corrected chi connectivity index (χ4v) is 4.24. The zero-order valence-corrected chi connectivity index (χ0v) is 20.5. The molecule has 2 saturated heterocycles. The number of hydrogen-bond donors (Lipinski definition) is 2. The van der Waals surface area contributed by atoms with Crippen molar-refractivity contribution in [1.29, 1.82) is 0 Å². The van der Waals surface area contributed by atoms with Gasteiger partial charge in [-0.25, -0.2) is 4.98 Å². The highest BCUT2D eigenvalue weighted by Gasteiger charge is 2.26. The average molecular weight is 537 g/mol. The van der Waals surface area contributed by atoms with Gasteiger partial charge in [-0.1, -0.05) is 11.6 Å². The molecule has 164 valence electrons. The predicted molar refractivity (Wildman–Crippen MR) is 131 cm³/mol. The van der Waals surface area contributed by atoms with E-state index in [1.807, 2.05) is 12.1 Å². The standard InChI is InChI=1S/C20H33ClN6O.HI/c1-3-22-20(24-14-17-6-5-10-26(17)12-13-28-2)25-16-8-11-27(15-16)19-18(21)7-4-9-23-19;/h4,7,9,16-17H,3,5-6,8,10-15H2,1-2H3,(H2,22,24,25);1H. The van der Waals surface area contributed by atoms with Crippen LogP contribution in [-0.2, 0) is 4.74 Å². The Kier molecular flexibility index (Phi) is 10.8. The number of guanidine groups is 1. The molecule has 7 nitrogen and oxygen atoms in total. The molecule has 2 unspecified atom stereocenters. The lowest BCUT2D eigenvalue weighted by atomic mass is 10.2. The van der Waals surface area contributed by atoms with E-state index in [0.29, 0.717) is 17.1 Å². The Balaban J connectivity index is 0.00000300. The van der Waals surface area contributed by atoms with Crippen LogP contribution < -0.4 is 15.5 Å². The second kappa shape index (κ2) is 12.8. The highest BCUT2D eigenvalue weighted by molar-refractivity contribution is 14.0. The Hall–Kier alpha value is -0.840. The molecule has 9 heteroatoms. The zero-order chi connectivity index (χ0) is 19.8. The van der Waals surface area contributed by atoms with Crippen LogP contribution in [0.5, 0.6) is 0 Å². The van der Waals surface area contributed by atoms with Gasteiger partial charge in [0.05, 0.1) is 18.2 Å². The normalized spacial score (nSPS) is 22.6. The van der Waals surface area contributed by atoms with Gasteiger partial charge in [0.25, 0.3) is 0 Å². The minimum absolute atomic E-state index is 0. The van der Waals surface area contributed by atoms with Crippen molar-refractivity contribution in [3.8, 4) is 0 Å². The van der Waals surface area contributed by atoms with Crippen molar-refractivity contribution in [3.05, 3.63) is 23.4 Å². The van der Waals surface area contributed by atoms with E-state index in [4.69, 9.17) is 21.3 Å². The van der Waals surface area contributed by atoms with E-state index < -0.39 is 0 Å². The van der Waals surface area contributed by atoms with Crippen LogP contribution in [0.3, 0.4) is 0 Å². The summed E-state index contributed by atoms with van der Waals surface area (Å²) in [5.41, 5.74) is 0. The molecule has 2 aliphatic heterocycles. The fraction of sp³-hybridized carbons (Fsp3) is 0.700. The number of pyridine rings is 1. The predicted octanol–water partition coefficient (Wildman–Crippen LogP) is 2.60. The molecule has 2 N–H and O–H groups in total. The molecule has 0 amide bonds. The maximum absolute atomic E-state index is 6.31. The number of ether oxygens (including phenoxy) is 1. The lowest BCUT2D eigenvalue weighted by Crippen LogP contribution is -2.45. The fourth-order valence-electron chi connectivity index (χ4n) is 4.00. The summed E-state index contributed by atoms with van der Waals surface area (Å²) in [7, 11) is 1.76. The molecule has 2 atom stereocenters. The third kappa shape index (κ3) is 7.11. The van der Waals surface area contributed by atoms with Crippen LogP contribution in [0, 0.1) is 0 Å². The molecule has 0 bridgehead atoms. The quantitative estimate of drug-likeness (QED) is 0.303. The Labute approximate surface area is 196 Å². The van der Waals surface area contributed by atoms with Crippen molar-refractivity contribution < 1.29 is 4.74 Å². The number of aromatic nitrogens is 1. The molecule has 3 heterocycles. The maximum Gasteiger partial charge on any atom is 0.191 e. The van der Waals surface area contributed by atoms with Crippen molar-refractivity contribution in [2.24, 2.45) is 4.99 Å². The molecule has 2 aliphatic rings. The average Bonchev–Trinajstić information content (AvgIpc) is 3.34. The molecular weight excluding hydrogens is 503 g/mol. The number of likely N-dealkylation sites (tertiary alicyclic amines) is 1. The summed E-state index contributed by atoms with van der Waals surface area (Å²) in [6, 6.07) is 4.61. The van der Waals surface area contributed by atoms with E-state index in [-0.39, 0.29) is 24.0 Å². The molecule has 0 radical (unpaired) electrons. The van der Waals surface area contributed by atoms with Gasteiger partial charge in [-0.3, -0.25) is 9.89 Å². The highest BCUT2D eigenvalue weighted by atomic mass is 127. The van der Waals surface area contributed by atoms with Gasteiger partial charge < -0.3 is 20.3 Å². The van der Waals surface area contributed by atoms with Crippen LogP contribution in [-0.4, -0.2) is 80.9 Å². The Morgan fingerprint density at radius 3 is 3.00 bits per heavy atom. The molecule has 0 aliphatic carbocycles. The third-order valence-corrected chi connectivity index (χ3v) is 5.75. The molecular formula is C20H34ClIN6O. The first-order valence-corrected chi connectivity index (χ1v) is 10.7. The lowest BCUT2D eigenvalue weighted by molar-refractivity contribution is 0.142. The summed E-state index contributed by atoms with van der Waals surface area (Å²) in [6.07, 6.45) is 5.30. The first-order chi connectivity index (χ1) is 13.7. The summed E-state index contributed by atoms with van der Waals surface area (Å²) in [4.78, 5) is 14.1. The van der Waals surface area contributed by atoms with Crippen molar-refractivity contribution in [2.75, 3.05) is 57.9 Å². The number of hydrogen-bond acceptors (Lipinski definition) is 5. The van der Waals surface area contributed by atoms with Crippen LogP contribution in [0.15, 0.2) is 23.3 Å². The molecule has 0 aromatic carbocycles. The van der Waals surface area contributed by atoms with Gasteiger partial charge in [-0.05, 0) is 44.9 Å².